The Hall–Kier alpha value is -1.12. The van der Waals surface area contributed by atoms with Crippen LogP contribution in [0.2, 0.25) is 0 Å². The number of hydrogen-bond acceptors (Lipinski definition) is 4. The molecule has 0 amide bonds. The van der Waals surface area contributed by atoms with Crippen molar-refractivity contribution in [1.82, 2.24) is 0 Å². The maximum absolute atomic E-state index is 11.2. The number of aliphatic hydroxyl groups is 1. The first-order chi connectivity index (χ1) is 8.91. The molecule has 1 aromatic rings. The van der Waals surface area contributed by atoms with Crippen LogP contribution in [0.1, 0.15) is 36.5 Å². The molecular formula is C14H21O4P. The second-order valence-corrected chi connectivity index (χ2v) is 5.28. The Balaban J connectivity index is 0.000000250. The average Bonchev–Trinajstić information content (AvgIpc) is 2.36. The van der Waals surface area contributed by atoms with Crippen molar-refractivity contribution in [3.8, 4) is 11.5 Å². The lowest BCUT2D eigenvalue weighted by atomic mass is 9.82. The third-order valence-electron chi connectivity index (χ3n) is 3.10. The molecule has 0 heterocycles. The van der Waals surface area contributed by atoms with Crippen molar-refractivity contribution < 1.29 is 19.4 Å². The van der Waals surface area contributed by atoms with Gasteiger partial charge in [-0.25, -0.2) is 0 Å². The lowest BCUT2D eigenvalue weighted by molar-refractivity contribution is -0.0147. The third-order valence-corrected chi connectivity index (χ3v) is 3.39. The molecule has 5 heteroatoms. The molecule has 1 unspecified atom stereocenters. The quantitative estimate of drug-likeness (QED) is 0.867. The van der Waals surface area contributed by atoms with E-state index in [-0.39, 0.29) is 11.1 Å². The highest BCUT2D eigenvalue weighted by molar-refractivity contribution is 7.41. The highest BCUT2D eigenvalue weighted by atomic mass is 31.0. The number of carbonyl (C=O) groups excluding carboxylic acids is 1. The fourth-order valence-electron chi connectivity index (χ4n) is 1.78. The molecule has 2 rings (SSSR count). The molecule has 0 aromatic heterocycles. The molecule has 1 atom stereocenters. The summed E-state index contributed by atoms with van der Waals surface area (Å²) in [6.07, 6.45) is 3.23. The largest absolute Gasteiger partial charge is 0.496 e. The van der Waals surface area contributed by atoms with Crippen molar-refractivity contribution in [2.75, 3.05) is 14.2 Å². The molecule has 0 saturated heterocycles. The van der Waals surface area contributed by atoms with E-state index in [0.717, 1.165) is 12.8 Å². The summed E-state index contributed by atoms with van der Waals surface area (Å²) in [5, 5.41) is 8.91. The van der Waals surface area contributed by atoms with Crippen molar-refractivity contribution in [2.45, 2.75) is 31.8 Å². The van der Waals surface area contributed by atoms with Crippen LogP contribution in [0.15, 0.2) is 18.2 Å². The Morgan fingerprint density at radius 1 is 1.26 bits per heavy atom. The minimum atomic E-state index is -0.278. The monoisotopic (exact) mass is 284 g/mol. The molecule has 0 spiro atoms. The maximum Gasteiger partial charge on any atom is 0.185 e. The molecule has 0 aliphatic heterocycles. The Morgan fingerprint density at radius 3 is 1.89 bits per heavy atom. The van der Waals surface area contributed by atoms with Gasteiger partial charge in [0.05, 0.1) is 19.8 Å². The molecule has 106 valence electrons. The Bertz CT molecular complexity index is 415. The van der Waals surface area contributed by atoms with Gasteiger partial charge < -0.3 is 14.6 Å². The summed E-state index contributed by atoms with van der Waals surface area (Å²) in [6, 6.07) is 5.22. The maximum atomic E-state index is 11.2. The summed E-state index contributed by atoms with van der Waals surface area (Å²) >= 11 is 0. The smallest absolute Gasteiger partial charge is 0.185 e. The van der Waals surface area contributed by atoms with E-state index >= 15 is 0 Å². The third kappa shape index (κ3) is 4.48. The van der Waals surface area contributed by atoms with E-state index in [4.69, 9.17) is 14.6 Å². The van der Waals surface area contributed by atoms with Crippen LogP contribution in [0, 0.1) is 0 Å². The number of methoxy groups -OCH3 is 2. The number of hydrogen-bond donors (Lipinski definition) is 1. The first kappa shape index (κ1) is 15.9. The SMILES string of the molecule is CC1(O)CCC1.COc1cccc(OC)c1C(=O)P. The summed E-state index contributed by atoms with van der Waals surface area (Å²) in [5.74, 6) is 1.05. The van der Waals surface area contributed by atoms with Crippen LogP contribution in [0.4, 0.5) is 0 Å². The van der Waals surface area contributed by atoms with Crippen molar-refractivity contribution in [3.05, 3.63) is 23.8 Å². The van der Waals surface area contributed by atoms with Gasteiger partial charge in [0, 0.05) is 0 Å². The van der Waals surface area contributed by atoms with Gasteiger partial charge in [0.15, 0.2) is 5.52 Å². The van der Waals surface area contributed by atoms with Gasteiger partial charge in [-0.15, -0.1) is 0 Å². The van der Waals surface area contributed by atoms with E-state index < -0.39 is 0 Å². The summed E-state index contributed by atoms with van der Waals surface area (Å²) in [7, 11) is 5.14. The van der Waals surface area contributed by atoms with Crippen molar-refractivity contribution in [2.24, 2.45) is 0 Å². The summed E-state index contributed by atoms with van der Waals surface area (Å²) in [5.41, 5.74) is 0.0341. The van der Waals surface area contributed by atoms with Gasteiger partial charge in [-0.1, -0.05) is 15.3 Å². The minimum Gasteiger partial charge on any atom is -0.496 e. The second kappa shape index (κ2) is 6.88. The molecule has 0 bridgehead atoms. The standard InChI is InChI=1S/C9H11O3P.C5H10O/c1-11-6-4-3-5-7(12-2)8(6)9(10)13;1-5(6)3-2-4-5/h3-5H,13H2,1-2H3;6H,2-4H2,1H3. The highest BCUT2D eigenvalue weighted by Gasteiger charge is 2.27. The lowest BCUT2D eigenvalue weighted by Crippen LogP contribution is -2.32. The first-order valence-electron chi connectivity index (χ1n) is 6.14. The molecule has 0 radical (unpaired) electrons. The van der Waals surface area contributed by atoms with Gasteiger partial charge >= 0.3 is 0 Å². The average molecular weight is 284 g/mol. The van der Waals surface area contributed by atoms with Gasteiger partial charge in [-0.2, -0.15) is 0 Å². The van der Waals surface area contributed by atoms with E-state index in [1.165, 1.54) is 20.6 Å². The molecular weight excluding hydrogens is 263 g/mol. The van der Waals surface area contributed by atoms with Gasteiger partial charge in [-0.3, -0.25) is 4.79 Å². The summed E-state index contributed by atoms with van der Waals surface area (Å²) in [4.78, 5) is 11.2. The number of rotatable bonds is 3. The van der Waals surface area contributed by atoms with Crippen LogP contribution in [-0.2, 0) is 0 Å². The Morgan fingerprint density at radius 2 is 1.68 bits per heavy atom. The predicted octanol–water partition coefficient (Wildman–Crippen LogP) is 2.64. The van der Waals surface area contributed by atoms with Crippen LogP contribution in [0.25, 0.3) is 0 Å². The van der Waals surface area contributed by atoms with E-state index in [1.807, 2.05) is 6.92 Å². The van der Waals surface area contributed by atoms with Crippen LogP contribution >= 0.6 is 9.24 Å². The van der Waals surface area contributed by atoms with Gasteiger partial charge in [0.2, 0.25) is 0 Å². The molecule has 1 N–H and O–H groups in total. The lowest BCUT2D eigenvalue weighted by Gasteiger charge is -2.31. The zero-order valence-corrected chi connectivity index (χ0v) is 12.8. The molecule has 19 heavy (non-hydrogen) atoms. The molecule has 1 saturated carbocycles. The van der Waals surface area contributed by atoms with E-state index in [2.05, 4.69) is 9.24 Å². The minimum absolute atomic E-state index is 0.144. The van der Waals surface area contributed by atoms with Crippen LogP contribution < -0.4 is 9.47 Å². The number of benzene rings is 1. The first-order valence-corrected chi connectivity index (χ1v) is 6.72. The summed E-state index contributed by atoms with van der Waals surface area (Å²) in [6.45, 7) is 1.89. The van der Waals surface area contributed by atoms with E-state index in [1.54, 1.807) is 18.2 Å². The van der Waals surface area contributed by atoms with E-state index in [0.29, 0.717) is 17.1 Å². The fourth-order valence-corrected chi connectivity index (χ4v) is 2.07. The summed E-state index contributed by atoms with van der Waals surface area (Å²) < 4.78 is 10.1. The van der Waals surface area contributed by atoms with Crippen LogP contribution in [0.3, 0.4) is 0 Å². The molecule has 4 nitrogen and oxygen atoms in total. The number of carbonyl (C=O) groups is 1. The predicted molar refractivity (Wildman–Crippen MR) is 78.1 cm³/mol. The Kier molecular flexibility index (Phi) is 5.77. The van der Waals surface area contributed by atoms with E-state index in [9.17, 15) is 4.79 Å². The van der Waals surface area contributed by atoms with Gasteiger partial charge in [0.1, 0.15) is 17.1 Å². The second-order valence-electron chi connectivity index (χ2n) is 4.75. The topological polar surface area (TPSA) is 55.8 Å². The Labute approximate surface area is 116 Å². The fraction of sp³-hybridized carbons (Fsp3) is 0.500. The number of ether oxygens (including phenoxy) is 2. The van der Waals surface area contributed by atoms with Crippen molar-refractivity contribution >= 4 is 14.8 Å². The normalized spacial score (nSPS) is 15.6. The highest BCUT2D eigenvalue weighted by Crippen LogP contribution is 2.30. The molecule has 1 fully saturated rings. The van der Waals surface area contributed by atoms with Gasteiger partial charge in [-0.05, 0) is 38.3 Å². The molecule has 1 aliphatic rings. The van der Waals surface area contributed by atoms with Crippen molar-refractivity contribution in [1.29, 1.82) is 0 Å². The van der Waals surface area contributed by atoms with Crippen LogP contribution in [-0.4, -0.2) is 30.5 Å². The van der Waals surface area contributed by atoms with Crippen molar-refractivity contribution in [3.63, 3.8) is 0 Å². The zero-order valence-electron chi connectivity index (χ0n) is 11.6. The molecule has 1 aromatic carbocycles. The van der Waals surface area contributed by atoms with Gasteiger partial charge in [0.25, 0.3) is 0 Å². The molecule has 1 aliphatic carbocycles. The van der Waals surface area contributed by atoms with Crippen LogP contribution in [0.5, 0.6) is 11.5 Å². The zero-order chi connectivity index (χ0) is 14.5.